The number of nitrogens with two attached hydrogens (primary N) is 1. The molecule has 86 valence electrons. The van der Waals surface area contributed by atoms with Gasteiger partial charge in [-0.05, 0) is 18.2 Å². The van der Waals surface area contributed by atoms with Crippen LogP contribution in [0.4, 0.5) is 0 Å². The van der Waals surface area contributed by atoms with Crippen LogP contribution in [0.15, 0.2) is 30.6 Å². The Morgan fingerprint density at radius 3 is 3.00 bits per heavy atom. The van der Waals surface area contributed by atoms with Crippen molar-refractivity contribution >= 4 is 23.5 Å². The maximum atomic E-state index is 10.9. The number of hydrogen-bond donors (Lipinski definition) is 3. The lowest BCUT2D eigenvalue weighted by Gasteiger charge is -2.02. The smallest absolute Gasteiger partial charge is 0.354 e. The summed E-state index contributed by atoms with van der Waals surface area (Å²) in [5.41, 5.74) is 7.45. The Morgan fingerprint density at radius 2 is 2.35 bits per heavy atom. The van der Waals surface area contributed by atoms with Crippen molar-refractivity contribution in [1.29, 1.82) is 5.41 Å². The number of nitrogens with one attached hydrogen (secondary N) is 1. The molecule has 0 saturated heterocycles. The first-order valence-corrected chi connectivity index (χ1v) is 4.80. The van der Waals surface area contributed by atoms with E-state index < -0.39 is 5.97 Å². The van der Waals surface area contributed by atoms with Crippen molar-refractivity contribution < 1.29 is 9.90 Å². The fourth-order valence-corrected chi connectivity index (χ4v) is 1.50. The molecule has 0 aliphatic heterocycles. The van der Waals surface area contributed by atoms with Crippen LogP contribution in [0.25, 0.3) is 11.3 Å². The number of allylic oxidation sites excluding steroid dienone is 1. The number of hydrogen-bond acceptors (Lipinski definition) is 4. The second-order valence-corrected chi connectivity index (χ2v) is 3.38. The molecule has 0 fully saturated rings. The molecule has 0 unspecified atom stereocenters. The third-order valence-electron chi connectivity index (χ3n) is 2.33. The molecule has 2 aromatic rings. The number of carboxylic acid groups (broad SMARTS) is 1. The molecule has 0 spiro atoms. The van der Waals surface area contributed by atoms with Crippen molar-refractivity contribution in [3.63, 3.8) is 0 Å². The fraction of sp³-hybridized carbons (Fsp3) is 0. The summed E-state index contributed by atoms with van der Waals surface area (Å²) in [6.45, 7) is 0. The van der Waals surface area contributed by atoms with E-state index in [1.807, 2.05) is 0 Å². The van der Waals surface area contributed by atoms with E-state index >= 15 is 0 Å². The number of aromatic nitrogens is 2. The van der Waals surface area contributed by atoms with Gasteiger partial charge in [0, 0.05) is 23.7 Å². The van der Waals surface area contributed by atoms with Crippen molar-refractivity contribution in [3.05, 3.63) is 41.9 Å². The summed E-state index contributed by atoms with van der Waals surface area (Å²) in [4.78, 5) is 14.9. The van der Waals surface area contributed by atoms with E-state index in [9.17, 15) is 4.79 Å². The molecular formula is C11H10N4O2. The molecule has 6 heteroatoms. The zero-order valence-electron chi connectivity index (χ0n) is 8.79. The highest BCUT2D eigenvalue weighted by Gasteiger charge is 2.10. The molecule has 0 aliphatic rings. The highest BCUT2D eigenvalue weighted by molar-refractivity contribution is 5.87. The normalized spacial score (nSPS) is 11.6. The zero-order valence-corrected chi connectivity index (χ0v) is 8.79. The first kappa shape index (κ1) is 10.9. The van der Waals surface area contributed by atoms with Crippen molar-refractivity contribution in [3.8, 4) is 0 Å². The molecule has 17 heavy (non-hydrogen) atoms. The number of carboxylic acids is 1. The van der Waals surface area contributed by atoms with Crippen molar-refractivity contribution in [2.45, 2.75) is 0 Å². The maximum Gasteiger partial charge on any atom is 0.354 e. The minimum absolute atomic E-state index is 0.0983. The minimum Gasteiger partial charge on any atom is -0.477 e. The zero-order chi connectivity index (χ0) is 12.4. The number of carbonyl (C=O) groups is 1. The van der Waals surface area contributed by atoms with Gasteiger partial charge in [0.05, 0.1) is 6.20 Å². The molecule has 0 atom stereocenters. The summed E-state index contributed by atoms with van der Waals surface area (Å²) in [7, 11) is 0. The number of fused-ring (bicyclic) bond motifs is 1. The Bertz CT molecular complexity index is 627. The van der Waals surface area contributed by atoms with E-state index in [2.05, 4.69) is 4.98 Å². The Morgan fingerprint density at radius 1 is 1.59 bits per heavy atom. The molecule has 0 radical (unpaired) electrons. The van der Waals surface area contributed by atoms with Gasteiger partial charge >= 0.3 is 5.97 Å². The average Bonchev–Trinajstić information content (AvgIpc) is 2.71. The summed E-state index contributed by atoms with van der Waals surface area (Å²) >= 11 is 0. The average molecular weight is 230 g/mol. The maximum absolute atomic E-state index is 10.9. The molecule has 6 nitrogen and oxygen atoms in total. The van der Waals surface area contributed by atoms with E-state index in [0.29, 0.717) is 16.9 Å². The minimum atomic E-state index is -1.03. The topological polar surface area (TPSA) is 104 Å². The predicted octanol–water partition coefficient (Wildman–Crippen LogP) is 0.982. The Hall–Kier alpha value is -2.63. The van der Waals surface area contributed by atoms with Crippen LogP contribution in [-0.4, -0.2) is 26.7 Å². The number of imidazole rings is 1. The van der Waals surface area contributed by atoms with Crippen LogP contribution in [0.3, 0.4) is 0 Å². The molecule has 0 bridgehead atoms. The standard InChI is InChI=1S/C11H10N4O2/c12-3-1-8(13)7-2-4-15-9(11(16)17)6-14-10(15)5-7/h1-6,12H,13H2,(H,16,17). The molecular weight excluding hydrogens is 220 g/mol. The first-order valence-electron chi connectivity index (χ1n) is 4.80. The lowest BCUT2D eigenvalue weighted by molar-refractivity contribution is 0.0689. The Labute approximate surface area is 96.5 Å². The van der Waals surface area contributed by atoms with Crippen molar-refractivity contribution in [2.75, 3.05) is 0 Å². The molecule has 0 aliphatic carbocycles. The third kappa shape index (κ3) is 1.87. The monoisotopic (exact) mass is 230 g/mol. The quantitative estimate of drug-likeness (QED) is 0.683. The first-order chi connectivity index (χ1) is 8.13. The van der Waals surface area contributed by atoms with E-state index in [1.54, 1.807) is 18.3 Å². The van der Waals surface area contributed by atoms with Gasteiger partial charge < -0.3 is 16.2 Å². The molecule has 0 saturated carbocycles. The van der Waals surface area contributed by atoms with Gasteiger partial charge in [0.25, 0.3) is 0 Å². The molecule has 2 rings (SSSR count). The van der Waals surface area contributed by atoms with Gasteiger partial charge in [-0.1, -0.05) is 0 Å². The van der Waals surface area contributed by atoms with E-state index in [0.717, 1.165) is 6.21 Å². The van der Waals surface area contributed by atoms with Gasteiger partial charge in [-0.25, -0.2) is 9.78 Å². The SMILES string of the molecule is N=CC=C(N)c1ccn2c(C(=O)O)cnc2c1. The number of aromatic carboxylic acids is 1. The highest BCUT2D eigenvalue weighted by Crippen LogP contribution is 2.13. The van der Waals surface area contributed by atoms with Gasteiger partial charge in [-0.3, -0.25) is 4.40 Å². The highest BCUT2D eigenvalue weighted by atomic mass is 16.4. The largest absolute Gasteiger partial charge is 0.477 e. The summed E-state index contributed by atoms with van der Waals surface area (Å²) in [6, 6.07) is 3.35. The number of pyridine rings is 1. The van der Waals surface area contributed by atoms with Crippen LogP contribution in [0, 0.1) is 5.41 Å². The molecule has 0 amide bonds. The van der Waals surface area contributed by atoms with Gasteiger partial charge in [0.15, 0.2) is 5.69 Å². The van der Waals surface area contributed by atoms with Crippen LogP contribution in [0.1, 0.15) is 16.1 Å². The molecule has 2 aromatic heterocycles. The van der Waals surface area contributed by atoms with Crippen LogP contribution in [-0.2, 0) is 0 Å². The lowest BCUT2D eigenvalue weighted by atomic mass is 10.2. The van der Waals surface area contributed by atoms with E-state index in [1.165, 1.54) is 16.7 Å². The summed E-state index contributed by atoms with van der Waals surface area (Å²) in [5.74, 6) is -1.03. The fourth-order valence-electron chi connectivity index (χ4n) is 1.50. The second kappa shape index (κ2) is 4.09. The Balaban J connectivity index is 2.57. The van der Waals surface area contributed by atoms with Crippen LogP contribution in [0.5, 0.6) is 0 Å². The van der Waals surface area contributed by atoms with Gasteiger partial charge in [-0.2, -0.15) is 0 Å². The van der Waals surface area contributed by atoms with Crippen LogP contribution < -0.4 is 5.73 Å². The number of nitrogens with zero attached hydrogens (tertiary/aromatic N) is 2. The number of rotatable bonds is 3. The summed E-state index contributed by atoms with van der Waals surface area (Å²) in [6.07, 6.45) is 5.42. The Kier molecular flexibility index (Phi) is 2.61. The summed E-state index contributed by atoms with van der Waals surface area (Å²) < 4.78 is 1.46. The third-order valence-corrected chi connectivity index (χ3v) is 2.33. The van der Waals surface area contributed by atoms with Crippen LogP contribution in [0.2, 0.25) is 0 Å². The molecule has 0 aromatic carbocycles. The van der Waals surface area contributed by atoms with Gasteiger partial charge in [0.2, 0.25) is 0 Å². The van der Waals surface area contributed by atoms with E-state index in [4.69, 9.17) is 16.2 Å². The van der Waals surface area contributed by atoms with Crippen molar-refractivity contribution in [1.82, 2.24) is 9.38 Å². The van der Waals surface area contributed by atoms with E-state index in [-0.39, 0.29) is 5.69 Å². The molecule has 2 heterocycles. The molecule has 4 N–H and O–H groups in total. The van der Waals surface area contributed by atoms with Crippen LogP contribution >= 0.6 is 0 Å². The van der Waals surface area contributed by atoms with Crippen molar-refractivity contribution in [2.24, 2.45) is 5.73 Å². The van der Waals surface area contributed by atoms with Gasteiger partial charge in [0.1, 0.15) is 5.65 Å². The lowest BCUT2D eigenvalue weighted by Crippen LogP contribution is -2.02. The second-order valence-electron chi connectivity index (χ2n) is 3.38. The predicted molar refractivity (Wildman–Crippen MR) is 63.1 cm³/mol. The van der Waals surface area contributed by atoms with Gasteiger partial charge in [-0.15, -0.1) is 0 Å². The summed E-state index contributed by atoms with van der Waals surface area (Å²) in [5, 5.41) is 15.8.